The SMILES string of the molecule is CCCCC/C=C\C/C=C\C/C=C\CCCCC(=O)OC[C@H](COC(=O)CCCCCCCCCCC/C=C\CCCCCCCC)OC(=O)CCCCCCCCCCCCCCCCCCC. The average Bonchev–Trinajstić information content (AvgIpc) is 3.35. The first kappa shape index (κ1) is 66.4. The molecule has 0 rings (SSSR count). The van der Waals surface area contributed by atoms with Crippen molar-refractivity contribution in [1.82, 2.24) is 0 Å². The van der Waals surface area contributed by atoms with Crippen LogP contribution in [0.2, 0.25) is 0 Å². The number of ether oxygens (including phenoxy) is 3. The highest BCUT2D eigenvalue weighted by molar-refractivity contribution is 5.71. The fourth-order valence-electron chi connectivity index (χ4n) is 8.74. The summed E-state index contributed by atoms with van der Waals surface area (Å²) in [6.07, 6.45) is 71.1. The van der Waals surface area contributed by atoms with E-state index in [0.29, 0.717) is 19.3 Å². The lowest BCUT2D eigenvalue weighted by molar-refractivity contribution is -0.167. The van der Waals surface area contributed by atoms with Crippen LogP contribution >= 0.6 is 0 Å². The van der Waals surface area contributed by atoms with Crippen molar-refractivity contribution in [1.29, 1.82) is 0 Å². The van der Waals surface area contributed by atoms with Gasteiger partial charge in [-0.1, -0.05) is 262 Å². The highest BCUT2D eigenvalue weighted by Gasteiger charge is 2.19. The Bertz CT molecular complexity index is 1200. The molecule has 0 fully saturated rings. The third-order valence-electron chi connectivity index (χ3n) is 13.3. The van der Waals surface area contributed by atoms with E-state index in [-0.39, 0.29) is 31.1 Å². The molecule has 0 aliphatic carbocycles. The van der Waals surface area contributed by atoms with Crippen LogP contribution in [0.5, 0.6) is 0 Å². The molecule has 0 aliphatic heterocycles. The molecule has 402 valence electrons. The van der Waals surface area contributed by atoms with Gasteiger partial charge >= 0.3 is 17.9 Å². The van der Waals surface area contributed by atoms with Crippen LogP contribution in [0.4, 0.5) is 0 Å². The first-order valence-corrected chi connectivity index (χ1v) is 30.1. The lowest BCUT2D eigenvalue weighted by Crippen LogP contribution is -2.30. The van der Waals surface area contributed by atoms with Crippen molar-refractivity contribution in [2.45, 2.75) is 322 Å². The van der Waals surface area contributed by atoms with E-state index >= 15 is 0 Å². The smallest absolute Gasteiger partial charge is 0.306 e. The van der Waals surface area contributed by atoms with Crippen LogP contribution in [-0.4, -0.2) is 37.2 Å². The monoisotopic (exact) mass is 967 g/mol. The van der Waals surface area contributed by atoms with Crippen LogP contribution in [0.25, 0.3) is 0 Å². The predicted molar refractivity (Wildman–Crippen MR) is 298 cm³/mol. The summed E-state index contributed by atoms with van der Waals surface area (Å²) in [6.45, 7) is 6.62. The standard InChI is InChI=1S/C63H114O6/c1-4-7-10-13-16-19-22-25-28-30-31-33-35-38-41-44-47-50-53-56-62(65)68-59-60(58-67-61(64)55-52-49-46-43-40-37-34-27-24-21-18-15-12-9-6-3)69-63(66)57-54-51-48-45-42-39-36-32-29-26-23-20-17-14-11-8-5-2/h18,21,25,27-28,34,40,43,60H,4-17,19-20,22-24,26,29-33,35-39,41-42,44-59H2,1-3H3/b21-18-,28-25-,34-27-,43-40-/t60-/m1/s1. The minimum absolute atomic E-state index is 0.0830. The lowest BCUT2D eigenvalue weighted by Gasteiger charge is -2.18. The van der Waals surface area contributed by atoms with Crippen molar-refractivity contribution in [3.05, 3.63) is 48.6 Å². The molecule has 0 heterocycles. The Hall–Kier alpha value is -2.63. The maximum Gasteiger partial charge on any atom is 0.306 e. The summed E-state index contributed by atoms with van der Waals surface area (Å²) in [4.78, 5) is 38.2. The molecule has 0 N–H and O–H groups in total. The average molecular weight is 968 g/mol. The Balaban J connectivity index is 4.38. The number of allylic oxidation sites excluding steroid dienone is 8. The van der Waals surface area contributed by atoms with Crippen LogP contribution in [-0.2, 0) is 28.6 Å². The summed E-state index contributed by atoms with van der Waals surface area (Å²) < 4.78 is 16.9. The minimum atomic E-state index is -0.787. The molecule has 6 nitrogen and oxygen atoms in total. The molecule has 0 saturated heterocycles. The van der Waals surface area contributed by atoms with Crippen molar-refractivity contribution < 1.29 is 28.6 Å². The molecule has 0 saturated carbocycles. The van der Waals surface area contributed by atoms with E-state index in [1.165, 1.54) is 205 Å². The maximum absolute atomic E-state index is 12.9. The van der Waals surface area contributed by atoms with Crippen molar-refractivity contribution in [3.8, 4) is 0 Å². The number of esters is 3. The highest BCUT2D eigenvalue weighted by atomic mass is 16.6. The zero-order valence-corrected chi connectivity index (χ0v) is 46.1. The van der Waals surface area contributed by atoms with Crippen LogP contribution in [0.15, 0.2) is 48.6 Å². The van der Waals surface area contributed by atoms with E-state index in [9.17, 15) is 14.4 Å². The summed E-state index contributed by atoms with van der Waals surface area (Å²) in [5.41, 5.74) is 0. The second-order valence-electron chi connectivity index (χ2n) is 20.3. The third kappa shape index (κ3) is 56.2. The zero-order valence-electron chi connectivity index (χ0n) is 46.1. The first-order valence-electron chi connectivity index (χ1n) is 30.1. The minimum Gasteiger partial charge on any atom is -0.462 e. The van der Waals surface area contributed by atoms with Crippen LogP contribution in [0.1, 0.15) is 316 Å². The van der Waals surface area contributed by atoms with E-state index in [0.717, 1.165) is 70.6 Å². The molecule has 0 unspecified atom stereocenters. The molecular formula is C63H114O6. The Kier molecular flexibility index (Phi) is 55.7. The van der Waals surface area contributed by atoms with Crippen LogP contribution in [0, 0.1) is 0 Å². The molecule has 0 aromatic rings. The molecule has 0 aliphatic rings. The predicted octanol–water partition coefficient (Wildman–Crippen LogP) is 20.2. The molecule has 0 spiro atoms. The van der Waals surface area contributed by atoms with Gasteiger partial charge in [0, 0.05) is 19.3 Å². The van der Waals surface area contributed by atoms with Gasteiger partial charge in [0.05, 0.1) is 0 Å². The van der Waals surface area contributed by atoms with E-state index in [4.69, 9.17) is 14.2 Å². The second-order valence-corrected chi connectivity index (χ2v) is 20.3. The van der Waals surface area contributed by atoms with E-state index in [1.807, 2.05) is 0 Å². The van der Waals surface area contributed by atoms with Crippen molar-refractivity contribution in [2.75, 3.05) is 13.2 Å². The maximum atomic E-state index is 12.9. The largest absolute Gasteiger partial charge is 0.462 e. The molecule has 0 amide bonds. The summed E-state index contributed by atoms with van der Waals surface area (Å²) in [5, 5.41) is 0. The van der Waals surface area contributed by atoms with Gasteiger partial charge in [0.2, 0.25) is 0 Å². The molecule has 0 aromatic heterocycles. The van der Waals surface area contributed by atoms with Crippen LogP contribution < -0.4 is 0 Å². The number of hydrogen-bond donors (Lipinski definition) is 0. The number of hydrogen-bond acceptors (Lipinski definition) is 6. The third-order valence-corrected chi connectivity index (χ3v) is 13.3. The Labute approximate surface area is 428 Å². The van der Waals surface area contributed by atoms with Gasteiger partial charge in [0.25, 0.3) is 0 Å². The molecular weight excluding hydrogens is 853 g/mol. The lowest BCUT2D eigenvalue weighted by atomic mass is 10.0. The van der Waals surface area contributed by atoms with Crippen molar-refractivity contribution >= 4 is 17.9 Å². The Morgan fingerprint density at radius 1 is 0.290 bits per heavy atom. The zero-order chi connectivity index (χ0) is 50.0. The van der Waals surface area contributed by atoms with Gasteiger partial charge in [-0.2, -0.15) is 0 Å². The Morgan fingerprint density at radius 2 is 0.522 bits per heavy atom. The number of unbranched alkanes of at least 4 members (excludes halogenated alkanes) is 36. The van der Waals surface area contributed by atoms with E-state index in [1.54, 1.807) is 0 Å². The van der Waals surface area contributed by atoms with E-state index in [2.05, 4.69) is 69.4 Å². The number of carbonyl (C=O) groups is 3. The van der Waals surface area contributed by atoms with Crippen molar-refractivity contribution in [2.24, 2.45) is 0 Å². The van der Waals surface area contributed by atoms with Crippen molar-refractivity contribution in [3.63, 3.8) is 0 Å². The topological polar surface area (TPSA) is 78.9 Å². The first-order chi connectivity index (χ1) is 34.0. The molecule has 6 heteroatoms. The van der Waals surface area contributed by atoms with Crippen LogP contribution in [0.3, 0.4) is 0 Å². The summed E-state index contributed by atoms with van der Waals surface area (Å²) in [5.74, 6) is -0.907. The Morgan fingerprint density at radius 3 is 0.884 bits per heavy atom. The molecule has 1 atom stereocenters. The van der Waals surface area contributed by atoms with Gasteiger partial charge in [-0.15, -0.1) is 0 Å². The highest BCUT2D eigenvalue weighted by Crippen LogP contribution is 2.17. The summed E-state index contributed by atoms with van der Waals surface area (Å²) in [6, 6.07) is 0. The molecule has 0 bridgehead atoms. The van der Waals surface area contributed by atoms with E-state index < -0.39 is 6.10 Å². The van der Waals surface area contributed by atoms with Gasteiger partial charge in [-0.05, 0) is 83.5 Å². The summed E-state index contributed by atoms with van der Waals surface area (Å²) >= 11 is 0. The molecule has 0 radical (unpaired) electrons. The van der Waals surface area contributed by atoms with Gasteiger partial charge < -0.3 is 14.2 Å². The summed E-state index contributed by atoms with van der Waals surface area (Å²) in [7, 11) is 0. The van der Waals surface area contributed by atoms with Gasteiger partial charge in [0.15, 0.2) is 6.10 Å². The number of rotatable bonds is 55. The van der Waals surface area contributed by atoms with Gasteiger partial charge in [0.1, 0.15) is 13.2 Å². The molecule has 69 heavy (non-hydrogen) atoms. The fraction of sp³-hybridized carbons (Fsp3) is 0.825. The second kappa shape index (κ2) is 57.9. The number of carbonyl (C=O) groups excluding carboxylic acids is 3. The molecule has 0 aromatic carbocycles. The van der Waals surface area contributed by atoms with Gasteiger partial charge in [-0.3, -0.25) is 14.4 Å². The fourth-order valence-corrected chi connectivity index (χ4v) is 8.74. The quantitative estimate of drug-likeness (QED) is 0.0262. The normalized spacial score (nSPS) is 12.3. The van der Waals surface area contributed by atoms with Gasteiger partial charge in [-0.25, -0.2) is 0 Å².